The second-order valence-electron chi connectivity index (χ2n) is 7.38. The average Bonchev–Trinajstić information content (AvgIpc) is 3.08. The Morgan fingerprint density at radius 3 is 2.24 bits per heavy atom. The largest absolute Gasteiger partial charge is 0.305 e. The Bertz CT molecular complexity index is 456. The molecule has 0 unspecified atom stereocenters. The van der Waals surface area contributed by atoms with Gasteiger partial charge < -0.3 is 5.32 Å². The van der Waals surface area contributed by atoms with Gasteiger partial charge in [-0.1, -0.05) is 19.8 Å². The molecule has 2 aliphatic carbocycles. The van der Waals surface area contributed by atoms with Gasteiger partial charge in [0.2, 0.25) is 0 Å². The molecule has 2 saturated carbocycles. The van der Waals surface area contributed by atoms with E-state index in [9.17, 15) is 0 Å². The summed E-state index contributed by atoms with van der Waals surface area (Å²) in [6.07, 6.45) is 12.5. The first-order chi connectivity index (χ1) is 10.1. The molecule has 0 aromatic carbocycles. The van der Waals surface area contributed by atoms with Crippen LogP contribution in [0.3, 0.4) is 0 Å². The molecule has 3 heteroatoms. The van der Waals surface area contributed by atoms with Gasteiger partial charge in [-0.25, -0.2) is 4.98 Å². The minimum absolute atomic E-state index is 0.174. The van der Waals surface area contributed by atoms with E-state index in [0.717, 1.165) is 6.54 Å². The van der Waals surface area contributed by atoms with E-state index in [1.807, 2.05) is 11.3 Å². The van der Waals surface area contributed by atoms with E-state index in [2.05, 4.69) is 26.1 Å². The molecule has 21 heavy (non-hydrogen) atoms. The van der Waals surface area contributed by atoms with Crippen LogP contribution in [0.15, 0.2) is 0 Å². The minimum atomic E-state index is 0.174. The molecule has 3 rings (SSSR count). The third kappa shape index (κ3) is 2.92. The smallest absolute Gasteiger partial charge is 0.113 e. The molecule has 2 aliphatic rings. The number of nitrogens with one attached hydrogen (secondary N) is 1. The molecule has 0 aliphatic heterocycles. The van der Waals surface area contributed by atoms with Gasteiger partial charge in [-0.15, -0.1) is 11.3 Å². The van der Waals surface area contributed by atoms with E-state index in [-0.39, 0.29) is 5.54 Å². The Morgan fingerprint density at radius 1 is 1.05 bits per heavy atom. The monoisotopic (exact) mass is 306 g/mol. The van der Waals surface area contributed by atoms with Crippen molar-refractivity contribution < 1.29 is 0 Å². The molecule has 1 aromatic heterocycles. The fourth-order valence-corrected chi connectivity index (χ4v) is 5.48. The van der Waals surface area contributed by atoms with E-state index in [4.69, 9.17) is 4.98 Å². The lowest BCUT2D eigenvalue weighted by atomic mass is 9.66. The predicted molar refractivity (Wildman–Crippen MR) is 90.9 cm³/mol. The maximum absolute atomic E-state index is 4.93. The van der Waals surface area contributed by atoms with Crippen LogP contribution >= 0.6 is 11.3 Å². The van der Waals surface area contributed by atoms with Crippen LogP contribution in [0.25, 0.3) is 0 Å². The van der Waals surface area contributed by atoms with Crippen molar-refractivity contribution in [2.45, 2.75) is 84.1 Å². The first kappa shape index (κ1) is 15.5. The summed E-state index contributed by atoms with van der Waals surface area (Å²) in [6.45, 7) is 7.75. The Hall–Kier alpha value is -0.410. The van der Waals surface area contributed by atoms with Gasteiger partial charge in [0, 0.05) is 4.88 Å². The van der Waals surface area contributed by atoms with Gasteiger partial charge in [-0.05, 0) is 70.8 Å². The van der Waals surface area contributed by atoms with Crippen LogP contribution in [-0.2, 0) is 5.54 Å². The van der Waals surface area contributed by atoms with Crippen LogP contribution in [-0.4, -0.2) is 11.5 Å². The number of hydrogen-bond donors (Lipinski definition) is 1. The highest BCUT2D eigenvalue weighted by molar-refractivity contribution is 7.11. The van der Waals surface area contributed by atoms with Crippen LogP contribution in [0.2, 0.25) is 0 Å². The lowest BCUT2D eigenvalue weighted by molar-refractivity contribution is 0.109. The molecule has 0 saturated heterocycles. The Kier molecular flexibility index (Phi) is 4.42. The van der Waals surface area contributed by atoms with Gasteiger partial charge in [-0.3, -0.25) is 0 Å². The Morgan fingerprint density at radius 2 is 1.71 bits per heavy atom. The SMILES string of the molecule is CCCNC1(c2nc(C)c(C)s2)CCC2(CCCC2)CC1. The highest BCUT2D eigenvalue weighted by atomic mass is 32.1. The fourth-order valence-electron chi connectivity index (χ4n) is 4.34. The molecule has 1 aromatic rings. The molecule has 2 nitrogen and oxygen atoms in total. The van der Waals surface area contributed by atoms with Crippen molar-refractivity contribution in [1.29, 1.82) is 0 Å². The number of nitrogens with zero attached hydrogens (tertiary/aromatic N) is 1. The van der Waals surface area contributed by atoms with Crippen molar-refractivity contribution in [3.63, 3.8) is 0 Å². The number of rotatable bonds is 4. The lowest BCUT2D eigenvalue weighted by Crippen LogP contribution is -2.47. The number of thiazole rings is 1. The van der Waals surface area contributed by atoms with Gasteiger partial charge >= 0.3 is 0 Å². The summed E-state index contributed by atoms with van der Waals surface area (Å²) in [4.78, 5) is 6.32. The lowest BCUT2D eigenvalue weighted by Gasteiger charge is -2.44. The summed E-state index contributed by atoms with van der Waals surface area (Å²) < 4.78 is 0. The molecule has 1 spiro atoms. The minimum Gasteiger partial charge on any atom is -0.305 e. The first-order valence-corrected chi connectivity index (χ1v) is 9.60. The van der Waals surface area contributed by atoms with Crippen molar-refractivity contribution in [2.75, 3.05) is 6.54 Å². The molecule has 1 heterocycles. The van der Waals surface area contributed by atoms with Gasteiger partial charge in [0.1, 0.15) is 5.01 Å². The summed E-state index contributed by atoms with van der Waals surface area (Å²) >= 11 is 1.93. The molecule has 118 valence electrons. The second-order valence-corrected chi connectivity index (χ2v) is 8.58. The van der Waals surface area contributed by atoms with Gasteiger partial charge in [0.05, 0.1) is 11.2 Å². The van der Waals surface area contributed by atoms with Crippen molar-refractivity contribution in [1.82, 2.24) is 10.3 Å². The van der Waals surface area contributed by atoms with Crippen molar-refractivity contribution in [3.05, 3.63) is 15.6 Å². The average molecular weight is 307 g/mol. The van der Waals surface area contributed by atoms with Crippen molar-refractivity contribution in [2.24, 2.45) is 5.41 Å². The molecule has 0 atom stereocenters. The topological polar surface area (TPSA) is 24.9 Å². The fraction of sp³-hybridized carbons (Fsp3) is 0.833. The Balaban J connectivity index is 1.81. The molecular weight excluding hydrogens is 276 g/mol. The molecule has 0 amide bonds. The quantitative estimate of drug-likeness (QED) is 0.838. The van der Waals surface area contributed by atoms with E-state index in [1.165, 1.54) is 73.4 Å². The zero-order valence-electron chi connectivity index (χ0n) is 13.9. The summed E-state index contributed by atoms with van der Waals surface area (Å²) in [5, 5.41) is 5.26. The molecular formula is C18H30N2S. The third-order valence-corrected chi connectivity index (χ3v) is 7.26. The van der Waals surface area contributed by atoms with E-state index in [1.54, 1.807) is 0 Å². The zero-order chi connectivity index (χ0) is 14.9. The number of hydrogen-bond acceptors (Lipinski definition) is 3. The second kappa shape index (κ2) is 6.00. The van der Waals surface area contributed by atoms with E-state index < -0.39 is 0 Å². The van der Waals surface area contributed by atoms with Crippen LogP contribution in [0.1, 0.15) is 80.3 Å². The van der Waals surface area contributed by atoms with Crippen molar-refractivity contribution >= 4 is 11.3 Å². The maximum atomic E-state index is 4.93. The molecule has 0 radical (unpaired) electrons. The third-order valence-electron chi connectivity index (χ3n) is 5.98. The molecule has 2 fully saturated rings. The van der Waals surface area contributed by atoms with Crippen LogP contribution in [0.5, 0.6) is 0 Å². The van der Waals surface area contributed by atoms with Crippen LogP contribution in [0, 0.1) is 19.3 Å². The van der Waals surface area contributed by atoms with Gasteiger partial charge in [0.25, 0.3) is 0 Å². The predicted octanol–water partition coefficient (Wildman–Crippen LogP) is 5.09. The van der Waals surface area contributed by atoms with Gasteiger partial charge in [0.15, 0.2) is 0 Å². The number of aryl methyl sites for hydroxylation is 2. The number of aromatic nitrogens is 1. The summed E-state index contributed by atoms with van der Waals surface area (Å²) in [6, 6.07) is 0. The Labute approximate surface area is 133 Å². The van der Waals surface area contributed by atoms with Gasteiger partial charge in [-0.2, -0.15) is 0 Å². The van der Waals surface area contributed by atoms with Crippen LogP contribution in [0.4, 0.5) is 0 Å². The summed E-state index contributed by atoms with van der Waals surface area (Å²) in [7, 11) is 0. The van der Waals surface area contributed by atoms with E-state index >= 15 is 0 Å². The summed E-state index contributed by atoms with van der Waals surface area (Å²) in [5.74, 6) is 0. The van der Waals surface area contributed by atoms with Crippen molar-refractivity contribution in [3.8, 4) is 0 Å². The maximum Gasteiger partial charge on any atom is 0.113 e. The summed E-state index contributed by atoms with van der Waals surface area (Å²) in [5.41, 5.74) is 2.10. The highest BCUT2D eigenvalue weighted by Gasteiger charge is 2.45. The normalized spacial score (nSPS) is 23.8. The zero-order valence-corrected chi connectivity index (χ0v) is 14.7. The van der Waals surface area contributed by atoms with E-state index in [0.29, 0.717) is 5.41 Å². The molecule has 1 N–H and O–H groups in total. The molecule has 0 bridgehead atoms. The standard InChI is InChI=1S/C18H30N2S/c1-4-13-19-18(16-20-14(2)15(3)21-16)11-9-17(10-12-18)7-5-6-8-17/h19H,4-13H2,1-3H3. The van der Waals surface area contributed by atoms with Crippen LogP contribution < -0.4 is 5.32 Å². The first-order valence-electron chi connectivity index (χ1n) is 8.79. The highest BCUT2D eigenvalue weighted by Crippen LogP contribution is 2.54.